The molecule has 1 aliphatic rings. The maximum Gasteiger partial charge on any atom is 0.130 e. The van der Waals surface area contributed by atoms with E-state index in [0.29, 0.717) is 5.54 Å². The lowest BCUT2D eigenvalue weighted by molar-refractivity contribution is 0.816. The molecule has 1 aromatic rings. The van der Waals surface area contributed by atoms with Gasteiger partial charge in [0, 0.05) is 11.7 Å². The molecule has 3 heteroatoms. The molecule has 1 fully saturated rings. The first-order chi connectivity index (χ1) is 5.68. The highest BCUT2D eigenvalue weighted by molar-refractivity contribution is 5.38. The standard InChI is InChI=1S/C9H13N3/c1-7-10-6-3-8(11-7)12-9(2)4-5-9/h3,6H,4-5H2,1-2H3,(H,10,11,12). The monoisotopic (exact) mass is 163 g/mol. The molecule has 1 N–H and O–H groups in total. The van der Waals surface area contributed by atoms with E-state index in [1.54, 1.807) is 6.20 Å². The maximum atomic E-state index is 4.28. The average molecular weight is 163 g/mol. The van der Waals surface area contributed by atoms with Gasteiger partial charge in [-0.05, 0) is 32.8 Å². The second-order valence-corrected chi connectivity index (χ2v) is 3.67. The van der Waals surface area contributed by atoms with Crippen molar-refractivity contribution < 1.29 is 0 Å². The first-order valence-corrected chi connectivity index (χ1v) is 4.26. The third kappa shape index (κ3) is 1.55. The summed E-state index contributed by atoms with van der Waals surface area (Å²) in [5, 5.41) is 3.38. The maximum absolute atomic E-state index is 4.28. The van der Waals surface area contributed by atoms with Crippen molar-refractivity contribution >= 4 is 5.82 Å². The van der Waals surface area contributed by atoms with E-state index >= 15 is 0 Å². The lowest BCUT2D eigenvalue weighted by Gasteiger charge is -2.11. The predicted octanol–water partition coefficient (Wildman–Crippen LogP) is 1.75. The molecular weight excluding hydrogens is 150 g/mol. The Hall–Kier alpha value is -1.12. The second kappa shape index (κ2) is 2.44. The molecule has 0 atom stereocenters. The number of aromatic nitrogens is 2. The van der Waals surface area contributed by atoms with E-state index in [0.717, 1.165) is 11.6 Å². The summed E-state index contributed by atoms with van der Waals surface area (Å²) in [4.78, 5) is 8.32. The number of hydrogen-bond donors (Lipinski definition) is 1. The van der Waals surface area contributed by atoms with Crippen molar-refractivity contribution in [3.05, 3.63) is 18.1 Å². The molecule has 1 aromatic heterocycles. The molecule has 0 aromatic carbocycles. The number of hydrogen-bond acceptors (Lipinski definition) is 3. The van der Waals surface area contributed by atoms with Gasteiger partial charge in [0.2, 0.25) is 0 Å². The van der Waals surface area contributed by atoms with Gasteiger partial charge in [0.1, 0.15) is 11.6 Å². The van der Waals surface area contributed by atoms with Crippen LogP contribution in [0.5, 0.6) is 0 Å². The van der Waals surface area contributed by atoms with E-state index in [1.807, 2.05) is 13.0 Å². The van der Waals surface area contributed by atoms with Crippen molar-refractivity contribution in [3.63, 3.8) is 0 Å². The van der Waals surface area contributed by atoms with Crippen molar-refractivity contribution in [3.8, 4) is 0 Å². The van der Waals surface area contributed by atoms with Crippen LogP contribution in [-0.2, 0) is 0 Å². The average Bonchev–Trinajstić information content (AvgIpc) is 2.67. The Morgan fingerprint density at radius 1 is 1.50 bits per heavy atom. The molecule has 1 saturated carbocycles. The molecule has 12 heavy (non-hydrogen) atoms. The van der Waals surface area contributed by atoms with Gasteiger partial charge in [0.15, 0.2) is 0 Å². The summed E-state index contributed by atoms with van der Waals surface area (Å²) in [6, 6.07) is 1.91. The third-order valence-corrected chi connectivity index (χ3v) is 2.21. The van der Waals surface area contributed by atoms with Gasteiger partial charge in [0.05, 0.1) is 0 Å². The Labute approximate surface area is 72.2 Å². The van der Waals surface area contributed by atoms with Crippen molar-refractivity contribution in [2.24, 2.45) is 0 Å². The fourth-order valence-electron chi connectivity index (χ4n) is 1.15. The van der Waals surface area contributed by atoms with E-state index in [-0.39, 0.29) is 0 Å². The molecule has 0 spiro atoms. The van der Waals surface area contributed by atoms with Crippen LogP contribution in [0.2, 0.25) is 0 Å². The van der Waals surface area contributed by atoms with Crippen LogP contribution >= 0.6 is 0 Å². The summed E-state index contributed by atoms with van der Waals surface area (Å²) >= 11 is 0. The largest absolute Gasteiger partial charge is 0.365 e. The fourth-order valence-corrected chi connectivity index (χ4v) is 1.15. The van der Waals surface area contributed by atoms with E-state index in [2.05, 4.69) is 22.2 Å². The zero-order chi connectivity index (χ0) is 8.60. The van der Waals surface area contributed by atoms with Crippen LogP contribution in [0.4, 0.5) is 5.82 Å². The molecule has 1 aliphatic carbocycles. The van der Waals surface area contributed by atoms with Gasteiger partial charge in [0.25, 0.3) is 0 Å². The summed E-state index contributed by atoms with van der Waals surface area (Å²) in [6.45, 7) is 4.12. The second-order valence-electron chi connectivity index (χ2n) is 3.67. The number of rotatable bonds is 2. The summed E-state index contributed by atoms with van der Waals surface area (Å²) in [7, 11) is 0. The number of anilines is 1. The van der Waals surface area contributed by atoms with Crippen LogP contribution in [0.25, 0.3) is 0 Å². The highest BCUT2D eigenvalue weighted by Crippen LogP contribution is 2.37. The van der Waals surface area contributed by atoms with Crippen molar-refractivity contribution in [2.45, 2.75) is 32.2 Å². The van der Waals surface area contributed by atoms with Crippen LogP contribution < -0.4 is 5.32 Å². The summed E-state index contributed by atoms with van der Waals surface area (Å²) in [5.74, 6) is 1.77. The zero-order valence-electron chi connectivity index (χ0n) is 7.46. The van der Waals surface area contributed by atoms with E-state index in [4.69, 9.17) is 0 Å². The lowest BCUT2D eigenvalue weighted by Crippen LogP contribution is -2.17. The van der Waals surface area contributed by atoms with Crippen LogP contribution in [0.1, 0.15) is 25.6 Å². The SMILES string of the molecule is Cc1nccc(NC2(C)CC2)n1. The highest BCUT2D eigenvalue weighted by atomic mass is 15.1. The molecule has 0 saturated heterocycles. The van der Waals surface area contributed by atoms with Gasteiger partial charge >= 0.3 is 0 Å². The minimum atomic E-state index is 0.306. The smallest absolute Gasteiger partial charge is 0.130 e. The summed E-state index contributed by atoms with van der Waals surface area (Å²) in [6.07, 6.45) is 4.28. The molecule has 0 bridgehead atoms. The predicted molar refractivity (Wildman–Crippen MR) is 48.0 cm³/mol. The van der Waals surface area contributed by atoms with E-state index < -0.39 is 0 Å². The van der Waals surface area contributed by atoms with Gasteiger partial charge in [-0.15, -0.1) is 0 Å². The Bertz CT molecular complexity index is 292. The Kier molecular flexibility index (Phi) is 1.53. The molecule has 3 nitrogen and oxygen atoms in total. The van der Waals surface area contributed by atoms with E-state index in [1.165, 1.54) is 12.8 Å². The number of nitrogens with one attached hydrogen (secondary N) is 1. The molecule has 0 unspecified atom stereocenters. The number of nitrogens with zero attached hydrogens (tertiary/aromatic N) is 2. The Balaban J connectivity index is 2.12. The van der Waals surface area contributed by atoms with Gasteiger partial charge < -0.3 is 5.32 Å². The van der Waals surface area contributed by atoms with Crippen LogP contribution in [0, 0.1) is 6.92 Å². The first-order valence-electron chi connectivity index (χ1n) is 4.26. The van der Waals surface area contributed by atoms with Crippen molar-refractivity contribution in [1.29, 1.82) is 0 Å². The summed E-state index contributed by atoms with van der Waals surface area (Å²) in [5.41, 5.74) is 0.306. The molecular formula is C9H13N3. The van der Waals surface area contributed by atoms with Gasteiger partial charge in [-0.1, -0.05) is 0 Å². The molecule has 1 heterocycles. The first kappa shape index (κ1) is 7.53. The minimum Gasteiger partial charge on any atom is -0.365 e. The normalized spacial score (nSPS) is 18.8. The van der Waals surface area contributed by atoms with Crippen molar-refractivity contribution in [1.82, 2.24) is 9.97 Å². The van der Waals surface area contributed by atoms with Crippen LogP contribution in [-0.4, -0.2) is 15.5 Å². The molecule has 2 rings (SSSR count). The molecule has 0 aliphatic heterocycles. The molecule has 64 valence electrons. The number of aryl methyl sites for hydroxylation is 1. The Morgan fingerprint density at radius 2 is 2.25 bits per heavy atom. The fraction of sp³-hybridized carbons (Fsp3) is 0.556. The lowest BCUT2D eigenvalue weighted by atomic mass is 10.3. The Morgan fingerprint density at radius 3 is 2.83 bits per heavy atom. The molecule has 0 radical (unpaired) electrons. The van der Waals surface area contributed by atoms with E-state index in [9.17, 15) is 0 Å². The van der Waals surface area contributed by atoms with Gasteiger partial charge in [-0.3, -0.25) is 0 Å². The van der Waals surface area contributed by atoms with Crippen molar-refractivity contribution in [2.75, 3.05) is 5.32 Å². The minimum absolute atomic E-state index is 0.306. The van der Waals surface area contributed by atoms with Gasteiger partial charge in [-0.2, -0.15) is 0 Å². The highest BCUT2D eigenvalue weighted by Gasteiger charge is 2.37. The van der Waals surface area contributed by atoms with Crippen LogP contribution in [0.3, 0.4) is 0 Å². The quantitative estimate of drug-likeness (QED) is 0.721. The topological polar surface area (TPSA) is 37.8 Å². The summed E-state index contributed by atoms with van der Waals surface area (Å²) < 4.78 is 0. The van der Waals surface area contributed by atoms with Gasteiger partial charge in [-0.25, -0.2) is 9.97 Å². The van der Waals surface area contributed by atoms with Crippen LogP contribution in [0.15, 0.2) is 12.3 Å². The molecule has 0 amide bonds. The zero-order valence-corrected chi connectivity index (χ0v) is 7.46. The third-order valence-electron chi connectivity index (χ3n) is 2.21.